The lowest BCUT2D eigenvalue weighted by molar-refractivity contribution is 0.241. The quantitative estimate of drug-likeness (QED) is 0.727. The fourth-order valence-corrected chi connectivity index (χ4v) is 3.80. The summed E-state index contributed by atoms with van der Waals surface area (Å²) in [7, 11) is 4.05. The Balaban J connectivity index is 1.51. The summed E-state index contributed by atoms with van der Waals surface area (Å²) < 4.78 is 5.42. The van der Waals surface area contributed by atoms with Crippen LogP contribution >= 0.6 is 11.3 Å². The van der Waals surface area contributed by atoms with Crippen molar-refractivity contribution in [3.8, 4) is 10.8 Å². The SMILES string of the molecule is CN(C)c1ncnc2c1CN(Cc1csc(-c3ccco3)n1)CC2. The van der Waals surface area contributed by atoms with Gasteiger partial charge >= 0.3 is 0 Å². The van der Waals surface area contributed by atoms with Crippen LogP contribution in [0.15, 0.2) is 34.5 Å². The van der Waals surface area contributed by atoms with E-state index >= 15 is 0 Å². The van der Waals surface area contributed by atoms with Gasteiger partial charge in [-0.05, 0) is 12.1 Å². The first-order valence-corrected chi connectivity index (χ1v) is 8.79. The fraction of sp³-hybridized carbons (Fsp3) is 0.353. The minimum Gasteiger partial charge on any atom is -0.462 e. The van der Waals surface area contributed by atoms with Gasteiger partial charge in [0, 0.05) is 51.1 Å². The van der Waals surface area contributed by atoms with Crippen molar-refractivity contribution in [3.63, 3.8) is 0 Å². The second kappa shape index (κ2) is 6.33. The Morgan fingerprint density at radius 3 is 3.04 bits per heavy atom. The molecular weight excluding hydrogens is 322 g/mol. The molecule has 0 saturated carbocycles. The fourth-order valence-electron chi connectivity index (χ4n) is 3.02. The monoisotopic (exact) mass is 341 g/mol. The Labute approximate surface area is 144 Å². The average Bonchev–Trinajstić information content (AvgIpc) is 3.25. The highest BCUT2D eigenvalue weighted by Gasteiger charge is 2.22. The molecular formula is C17H19N5OS. The first kappa shape index (κ1) is 15.3. The Bertz CT molecular complexity index is 827. The maximum Gasteiger partial charge on any atom is 0.162 e. The van der Waals surface area contributed by atoms with E-state index in [1.165, 1.54) is 11.3 Å². The normalized spacial score (nSPS) is 14.6. The molecule has 0 spiro atoms. The molecule has 0 bridgehead atoms. The highest BCUT2D eigenvalue weighted by Crippen LogP contribution is 2.27. The predicted octanol–water partition coefficient (Wildman–Crippen LogP) is 2.82. The molecule has 0 unspecified atom stereocenters. The van der Waals surface area contributed by atoms with Crippen molar-refractivity contribution in [2.75, 3.05) is 25.5 Å². The van der Waals surface area contributed by atoms with E-state index in [9.17, 15) is 0 Å². The summed E-state index contributed by atoms with van der Waals surface area (Å²) >= 11 is 1.63. The van der Waals surface area contributed by atoms with Crippen LogP contribution in [0.2, 0.25) is 0 Å². The zero-order valence-corrected chi connectivity index (χ0v) is 14.6. The maximum absolute atomic E-state index is 5.42. The van der Waals surface area contributed by atoms with E-state index in [-0.39, 0.29) is 0 Å². The number of fused-ring (bicyclic) bond motifs is 1. The van der Waals surface area contributed by atoms with Crippen LogP contribution in [0.5, 0.6) is 0 Å². The van der Waals surface area contributed by atoms with Gasteiger partial charge in [-0.2, -0.15) is 0 Å². The minimum atomic E-state index is 0.832. The van der Waals surface area contributed by atoms with Crippen LogP contribution in [0.4, 0.5) is 5.82 Å². The molecule has 0 atom stereocenters. The van der Waals surface area contributed by atoms with Crippen molar-refractivity contribution < 1.29 is 4.42 Å². The summed E-state index contributed by atoms with van der Waals surface area (Å²) in [5.41, 5.74) is 3.48. The summed E-state index contributed by atoms with van der Waals surface area (Å²) in [6.45, 7) is 2.68. The predicted molar refractivity (Wildman–Crippen MR) is 94.0 cm³/mol. The van der Waals surface area contributed by atoms with Crippen molar-refractivity contribution in [3.05, 3.63) is 47.1 Å². The molecule has 7 heteroatoms. The van der Waals surface area contributed by atoms with E-state index < -0.39 is 0 Å². The number of hydrogen-bond acceptors (Lipinski definition) is 7. The van der Waals surface area contributed by atoms with Crippen LogP contribution in [0.1, 0.15) is 17.0 Å². The number of nitrogens with zero attached hydrogens (tertiary/aromatic N) is 5. The van der Waals surface area contributed by atoms with Crippen LogP contribution < -0.4 is 4.90 Å². The molecule has 0 N–H and O–H groups in total. The lowest BCUT2D eigenvalue weighted by atomic mass is 10.1. The second-order valence-electron chi connectivity index (χ2n) is 6.10. The summed E-state index contributed by atoms with van der Waals surface area (Å²) in [5, 5.41) is 3.05. The lowest BCUT2D eigenvalue weighted by Gasteiger charge is -2.29. The molecule has 1 aliphatic rings. The molecule has 0 aromatic carbocycles. The molecule has 3 aromatic rings. The molecule has 1 aliphatic heterocycles. The van der Waals surface area contributed by atoms with E-state index in [1.54, 1.807) is 23.9 Å². The van der Waals surface area contributed by atoms with E-state index in [0.717, 1.165) is 48.3 Å². The van der Waals surface area contributed by atoms with Gasteiger partial charge in [0.2, 0.25) is 0 Å². The zero-order valence-electron chi connectivity index (χ0n) is 13.8. The lowest BCUT2D eigenvalue weighted by Crippen LogP contribution is -2.32. The molecule has 4 heterocycles. The van der Waals surface area contributed by atoms with Crippen molar-refractivity contribution in [2.45, 2.75) is 19.5 Å². The molecule has 6 nitrogen and oxygen atoms in total. The summed E-state index contributed by atoms with van der Waals surface area (Å²) in [5.74, 6) is 1.85. The topological polar surface area (TPSA) is 58.3 Å². The van der Waals surface area contributed by atoms with Gasteiger partial charge in [-0.1, -0.05) is 0 Å². The summed E-state index contributed by atoms with van der Waals surface area (Å²) in [6.07, 6.45) is 4.30. The van der Waals surface area contributed by atoms with Crippen LogP contribution in [0, 0.1) is 0 Å². The van der Waals surface area contributed by atoms with Crippen molar-refractivity contribution in [1.82, 2.24) is 19.9 Å². The number of furan rings is 1. The average molecular weight is 341 g/mol. The number of rotatable bonds is 4. The maximum atomic E-state index is 5.42. The van der Waals surface area contributed by atoms with Gasteiger partial charge in [-0.3, -0.25) is 4.90 Å². The van der Waals surface area contributed by atoms with Crippen LogP contribution in [-0.2, 0) is 19.5 Å². The molecule has 4 rings (SSSR count). The van der Waals surface area contributed by atoms with Crippen molar-refractivity contribution >= 4 is 17.2 Å². The van der Waals surface area contributed by atoms with Crippen LogP contribution in [0.3, 0.4) is 0 Å². The summed E-state index contributed by atoms with van der Waals surface area (Å²) in [4.78, 5) is 18.0. The van der Waals surface area contributed by atoms with Crippen molar-refractivity contribution in [2.24, 2.45) is 0 Å². The second-order valence-corrected chi connectivity index (χ2v) is 6.96. The van der Waals surface area contributed by atoms with Gasteiger partial charge in [-0.15, -0.1) is 11.3 Å². The van der Waals surface area contributed by atoms with Crippen LogP contribution in [0.25, 0.3) is 10.8 Å². The van der Waals surface area contributed by atoms with Gasteiger partial charge in [0.05, 0.1) is 17.7 Å². The highest BCUT2D eigenvalue weighted by molar-refractivity contribution is 7.13. The molecule has 0 fully saturated rings. The highest BCUT2D eigenvalue weighted by atomic mass is 32.1. The third-order valence-corrected chi connectivity index (χ3v) is 5.06. The molecule has 0 amide bonds. The van der Waals surface area contributed by atoms with Gasteiger partial charge in [0.25, 0.3) is 0 Å². The standard InChI is InChI=1S/C17H19N5OS/c1-21(2)16-13-9-22(6-5-14(13)18-11-19-16)8-12-10-24-17(20-12)15-4-3-7-23-15/h3-4,7,10-11H,5-6,8-9H2,1-2H3. The zero-order chi connectivity index (χ0) is 16.5. The molecule has 0 saturated heterocycles. The number of aromatic nitrogens is 3. The van der Waals surface area contributed by atoms with Gasteiger partial charge in [0.15, 0.2) is 10.8 Å². The van der Waals surface area contributed by atoms with Gasteiger partial charge < -0.3 is 9.32 Å². The Morgan fingerprint density at radius 2 is 2.25 bits per heavy atom. The van der Waals surface area contributed by atoms with Crippen LogP contribution in [-0.4, -0.2) is 40.5 Å². The third-order valence-electron chi connectivity index (χ3n) is 4.15. The molecule has 3 aromatic heterocycles. The Hall–Kier alpha value is -2.25. The molecule has 124 valence electrons. The Kier molecular flexibility index (Phi) is 4.03. The smallest absolute Gasteiger partial charge is 0.162 e. The third kappa shape index (κ3) is 2.92. The summed E-state index contributed by atoms with van der Waals surface area (Å²) in [6, 6.07) is 3.83. The minimum absolute atomic E-state index is 0.832. The van der Waals surface area contributed by atoms with E-state index in [2.05, 4.69) is 25.1 Å². The van der Waals surface area contributed by atoms with Gasteiger partial charge in [-0.25, -0.2) is 15.0 Å². The molecule has 0 radical (unpaired) electrons. The van der Waals surface area contributed by atoms with Crippen molar-refractivity contribution in [1.29, 1.82) is 0 Å². The first-order chi connectivity index (χ1) is 11.7. The number of thiazole rings is 1. The Morgan fingerprint density at radius 1 is 1.33 bits per heavy atom. The van der Waals surface area contributed by atoms with E-state index in [1.807, 2.05) is 26.2 Å². The molecule has 24 heavy (non-hydrogen) atoms. The first-order valence-electron chi connectivity index (χ1n) is 7.91. The number of anilines is 1. The largest absolute Gasteiger partial charge is 0.462 e. The molecule has 0 aliphatic carbocycles. The van der Waals surface area contributed by atoms with E-state index in [0.29, 0.717) is 0 Å². The van der Waals surface area contributed by atoms with Gasteiger partial charge in [0.1, 0.15) is 12.1 Å². The van der Waals surface area contributed by atoms with E-state index in [4.69, 9.17) is 9.40 Å². The number of hydrogen-bond donors (Lipinski definition) is 0.